The first-order chi connectivity index (χ1) is 15.4. The first-order valence-corrected chi connectivity index (χ1v) is 12.5. The van der Waals surface area contributed by atoms with Crippen LogP contribution in [0.2, 0.25) is 0 Å². The number of thiazole rings is 1. The largest absolute Gasteiger partial charge is 1.00 e. The van der Waals surface area contributed by atoms with Crippen LogP contribution < -0.4 is 75.3 Å². The standard InChI is InChI=1S/C15H14N8O5S4.ClH.2Na.H2O/c16-15-18-5(2-30-15)8(21-28)11(24)19-9-12(25)23-10(14(26)27)6(3-29-13(9)23)31-4-32-7-1-17-22-20-7;;;;/h1-2,9,13,28H,3-4H2,(H2,16,18)(H,19,24)(H,26,27)(H,17,20,22);1H;;;1H2/q;;2*+1;/p-2/b21-8+;;;;/t9-,13-;;;;/m1..../s1. The van der Waals surface area contributed by atoms with Crippen molar-refractivity contribution in [2.24, 2.45) is 5.16 Å². The maximum absolute atomic E-state index is 12.7. The molecule has 0 spiro atoms. The molecule has 184 valence electrons. The zero-order valence-electron chi connectivity index (χ0n) is 18.6. The van der Waals surface area contributed by atoms with Gasteiger partial charge in [-0.05, 0) is 0 Å². The zero-order chi connectivity index (χ0) is 22.8. The van der Waals surface area contributed by atoms with E-state index >= 15 is 0 Å². The van der Waals surface area contributed by atoms with Gasteiger partial charge in [0, 0.05) is 16.0 Å². The minimum Gasteiger partial charge on any atom is -0.791 e. The number of H-pyrrole nitrogens is 1. The van der Waals surface area contributed by atoms with Gasteiger partial charge in [-0.2, -0.15) is 10.3 Å². The number of nitrogens with zero attached hydrogens (tertiary/aromatic N) is 5. The van der Waals surface area contributed by atoms with Gasteiger partial charge in [-0.1, -0.05) is 11.8 Å². The van der Waals surface area contributed by atoms with E-state index in [1.807, 2.05) is 0 Å². The van der Waals surface area contributed by atoms with Crippen molar-refractivity contribution in [3.8, 4) is 0 Å². The van der Waals surface area contributed by atoms with Crippen molar-refractivity contribution in [1.29, 1.82) is 0 Å². The fourth-order valence-corrected chi connectivity index (χ4v) is 7.04. The SMILES string of the molecule is Cl.Nc1nc(/C(=N\[O-])C(=O)N[C@@H]2C(=O)N3C(C(=O)[O-])=C(SCSc4cn[nH]n4)CS[C@H]23)cs1.O.[Na+].[Na+]. The van der Waals surface area contributed by atoms with E-state index in [1.54, 1.807) is 0 Å². The van der Waals surface area contributed by atoms with Crippen LogP contribution in [0.25, 0.3) is 0 Å². The maximum atomic E-state index is 12.7. The van der Waals surface area contributed by atoms with Gasteiger partial charge in [0.25, 0.3) is 11.8 Å². The number of halogens is 1. The number of carbonyl (C=O) groups is 3. The van der Waals surface area contributed by atoms with E-state index in [-0.39, 0.29) is 93.5 Å². The predicted molar refractivity (Wildman–Crippen MR) is 129 cm³/mol. The number of fused-ring (bicyclic) bond motifs is 1. The Morgan fingerprint density at radius 2 is 2.08 bits per heavy atom. The van der Waals surface area contributed by atoms with E-state index in [0.29, 0.717) is 20.8 Å². The smallest absolute Gasteiger partial charge is 0.791 e. The van der Waals surface area contributed by atoms with Crippen molar-refractivity contribution in [3.63, 3.8) is 0 Å². The topological polar surface area (TPSA) is 237 Å². The molecule has 0 aromatic carbocycles. The fraction of sp³-hybridized carbons (Fsp3) is 0.267. The van der Waals surface area contributed by atoms with Crippen molar-refractivity contribution in [1.82, 2.24) is 30.6 Å². The number of hydrogen-bond acceptors (Lipinski definition) is 14. The zero-order valence-corrected chi connectivity index (χ0v) is 26.7. The second-order valence-corrected chi connectivity index (χ2v) is 10.6. The molecule has 2 aliphatic heterocycles. The van der Waals surface area contributed by atoms with Crippen LogP contribution in [-0.2, 0) is 14.4 Å². The third-order valence-corrected chi connectivity index (χ3v) is 8.57. The molecule has 2 aromatic rings. The third kappa shape index (κ3) is 7.54. The van der Waals surface area contributed by atoms with Gasteiger partial charge in [-0.15, -0.1) is 52.4 Å². The third-order valence-electron chi connectivity index (χ3n) is 4.32. The molecule has 0 radical (unpaired) electrons. The van der Waals surface area contributed by atoms with Gasteiger partial charge >= 0.3 is 59.1 Å². The summed E-state index contributed by atoms with van der Waals surface area (Å²) in [5.74, 6) is -2.70. The van der Waals surface area contributed by atoms with Crippen LogP contribution in [0.5, 0.6) is 0 Å². The number of hydrogen-bond donors (Lipinski definition) is 3. The van der Waals surface area contributed by atoms with Gasteiger partial charge in [-0.3, -0.25) is 14.5 Å². The Labute approximate surface area is 270 Å². The first kappa shape index (κ1) is 35.5. The van der Waals surface area contributed by atoms with Gasteiger partial charge in [-0.25, -0.2) is 4.98 Å². The number of carbonyl (C=O) groups excluding carboxylic acids is 3. The van der Waals surface area contributed by atoms with Crippen LogP contribution in [0.3, 0.4) is 0 Å². The molecule has 2 aromatic heterocycles. The van der Waals surface area contributed by atoms with Gasteiger partial charge in [0.1, 0.15) is 27.8 Å². The Bertz CT molecular complexity index is 1140. The number of aromatic nitrogens is 4. The summed E-state index contributed by atoms with van der Waals surface area (Å²) in [5, 5.41) is 40.1. The quantitative estimate of drug-likeness (QED) is 0.0629. The first-order valence-electron chi connectivity index (χ1n) is 8.63. The molecule has 0 aliphatic carbocycles. The van der Waals surface area contributed by atoms with Crippen molar-refractivity contribution >= 4 is 87.7 Å². The Morgan fingerprint density at radius 1 is 1.36 bits per heavy atom. The Hall–Kier alpha value is -0.510. The van der Waals surface area contributed by atoms with Crippen molar-refractivity contribution in [2.45, 2.75) is 16.4 Å². The summed E-state index contributed by atoms with van der Waals surface area (Å²) < 4.78 is 0. The molecule has 4 heterocycles. The van der Waals surface area contributed by atoms with Gasteiger partial charge in [0.05, 0.1) is 22.9 Å². The second kappa shape index (κ2) is 15.8. The molecule has 1 saturated heterocycles. The molecule has 2 atom stereocenters. The number of nitrogen functional groups attached to an aromatic ring is 1. The van der Waals surface area contributed by atoms with Crippen LogP contribution in [0.15, 0.2) is 32.4 Å². The molecular formula is C15H15ClN8Na2O6S4. The number of carboxylic acid groups (broad SMARTS) is 1. The second-order valence-electron chi connectivity index (χ2n) is 6.15. The van der Waals surface area contributed by atoms with Crippen LogP contribution in [0, 0.1) is 5.21 Å². The molecule has 14 nitrogen and oxygen atoms in total. The van der Waals surface area contributed by atoms with E-state index in [1.165, 1.54) is 46.9 Å². The van der Waals surface area contributed by atoms with E-state index < -0.39 is 34.9 Å². The summed E-state index contributed by atoms with van der Waals surface area (Å²) in [6.45, 7) is 0. The minimum absolute atomic E-state index is 0. The van der Waals surface area contributed by atoms with Crippen molar-refractivity contribution in [2.75, 3.05) is 16.6 Å². The predicted octanol–water partition coefficient (Wildman–Crippen LogP) is -7.42. The molecule has 2 aliphatic rings. The molecule has 4 rings (SSSR count). The maximum Gasteiger partial charge on any atom is 1.00 e. The van der Waals surface area contributed by atoms with E-state index in [9.17, 15) is 24.7 Å². The number of amides is 2. The molecule has 6 N–H and O–H groups in total. The molecular weight excluding hydrogens is 598 g/mol. The molecule has 1 fully saturated rings. The van der Waals surface area contributed by atoms with Crippen LogP contribution >= 0.6 is 59.0 Å². The number of aromatic amines is 1. The summed E-state index contributed by atoms with van der Waals surface area (Å²) in [7, 11) is 0. The average Bonchev–Trinajstić information content (AvgIpc) is 3.44. The molecule has 21 heteroatoms. The summed E-state index contributed by atoms with van der Waals surface area (Å²) in [5.41, 5.74) is 4.78. The summed E-state index contributed by atoms with van der Waals surface area (Å²) in [6, 6.07) is -1.02. The van der Waals surface area contributed by atoms with Crippen LogP contribution in [-0.4, -0.2) is 76.5 Å². The molecule has 0 bridgehead atoms. The number of β-lactam (4-membered cyclic amide) rings is 1. The van der Waals surface area contributed by atoms with Crippen LogP contribution in [0.1, 0.15) is 5.69 Å². The van der Waals surface area contributed by atoms with Crippen molar-refractivity contribution < 1.29 is 84.1 Å². The molecule has 2 amide bonds. The summed E-state index contributed by atoms with van der Waals surface area (Å²) >= 11 is 4.93. The van der Waals surface area contributed by atoms with E-state index in [0.717, 1.165) is 16.2 Å². The fourth-order valence-electron chi connectivity index (χ4n) is 2.92. The van der Waals surface area contributed by atoms with Gasteiger partial charge in [0.15, 0.2) is 5.13 Å². The summed E-state index contributed by atoms with van der Waals surface area (Å²) in [4.78, 5) is 42.4. The molecule has 0 unspecified atom stereocenters. The number of thioether (sulfide) groups is 3. The number of nitrogens with two attached hydrogens (primary N) is 1. The normalized spacial score (nSPS) is 18.4. The number of aliphatic carboxylic acids is 1. The Morgan fingerprint density at radius 3 is 2.64 bits per heavy atom. The number of carboxylic acids is 1. The van der Waals surface area contributed by atoms with E-state index in [2.05, 4.69) is 30.9 Å². The Kier molecular flexibility index (Phi) is 15.6. The van der Waals surface area contributed by atoms with Gasteiger partial charge in [0.2, 0.25) is 0 Å². The van der Waals surface area contributed by atoms with Crippen molar-refractivity contribution in [3.05, 3.63) is 33.1 Å². The molecule has 36 heavy (non-hydrogen) atoms. The minimum atomic E-state index is -1.48. The average molecular weight is 613 g/mol. The van der Waals surface area contributed by atoms with E-state index in [4.69, 9.17) is 5.73 Å². The number of rotatable bonds is 8. The number of nitrogens with one attached hydrogen (secondary N) is 2. The molecule has 0 saturated carbocycles. The van der Waals surface area contributed by atoms with Gasteiger partial charge < -0.3 is 36.8 Å². The monoisotopic (exact) mass is 612 g/mol. The van der Waals surface area contributed by atoms with Crippen LogP contribution in [0.4, 0.5) is 5.13 Å². The number of anilines is 1. The summed E-state index contributed by atoms with van der Waals surface area (Å²) in [6.07, 6.45) is 1.54. The Balaban J connectivity index is 0.00000306.